The standard InChI is InChI=1S/C15H21O5P/c1-11(16)14-12(2)20-21(17-3,18-4,19-5)15(14)13-9-7-6-8-10-13/h6-10,15H,1-5H3. The number of allylic oxidation sites excluding steroid dienone is 2. The van der Waals surface area contributed by atoms with Gasteiger partial charge < -0.3 is 0 Å². The van der Waals surface area contributed by atoms with Gasteiger partial charge in [0.2, 0.25) is 0 Å². The summed E-state index contributed by atoms with van der Waals surface area (Å²) in [5.74, 6) is 0.401. The number of hydrogen-bond acceptors (Lipinski definition) is 5. The van der Waals surface area contributed by atoms with E-state index in [0.717, 1.165) is 5.56 Å². The Morgan fingerprint density at radius 3 is 2.05 bits per heavy atom. The molecule has 1 aliphatic rings. The van der Waals surface area contributed by atoms with Crippen molar-refractivity contribution in [3.63, 3.8) is 0 Å². The van der Waals surface area contributed by atoms with Gasteiger partial charge in [0.05, 0.1) is 0 Å². The maximum atomic E-state index is 12.1. The van der Waals surface area contributed by atoms with Crippen molar-refractivity contribution in [2.45, 2.75) is 19.5 Å². The molecule has 5 nitrogen and oxygen atoms in total. The zero-order valence-corrected chi connectivity index (χ0v) is 13.8. The van der Waals surface area contributed by atoms with Crippen LogP contribution in [0.25, 0.3) is 0 Å². The zero-order valence-electron chi connectivity index (χ0n) is 13.0. The first-order chi connectivity index (χ1) is 9.93. The van der Waals surface area contributed by atoms with E-state index < -0.39 is 13.2 Å². The molecular weight excluding hydrogens is 291 g/mol. The Morgan fingerprint density at radius 1 is 1.10 bits per heavy atom. The van der Waals surface area contributed by atoms with Crippen molar-refractivity contribution < 1.29 is 22.9 Å². The summed E-state index contributed by atoms with van der Waals surface area (Å²) in [6.07, 6.45) is 0. The predicted octanol–water partition coefficient (Wildman–Crippen LogP) is 3.77. The Balaban J connectivity index is 2.73. The maximum absolute atomic E-state index is 12.1. The SMILES string of the molecule is COP1(OC)(OC)OC(C)=C(C(C)=O)C1c1ccccc1. The molecule has 1 unspecified atom stereocenters. The number of rotatable bonds is 5. The molecule has 116 valence electrons. The summed E-state index contributed by atoms with van der Waals surface area (Å²) < 4.78 is 23.0. The molecule has 0 radical (unpaired) electrons. The molecule has 0 saturated carbocycles. The number of benzene rings is 1. The molecule has 0 fully saturated rings. The molecule has 0 N–H and O–H groups in total. The van der Waals surface area contributed by atoms with E-state index in [0.29, 0.717) is 11.3 Å². The minimum atomic E-state index is -3.95. The van der Waals surface area contributed by atoms with Gasteiger partial charge in [-0.1, -0.05) is 0 Å². The fourth-order valence-corrected chi connectivity index (χ4v) is 6.33. The molecule has 0 spiro atoms. The summed E-state index contributed by atoms with van der Waals surface area (Å²) in [7, 11) is 0.501. The van der Waals surface area contributed by atoms with Gasteiger partial charge in [0.1, 0.15) is 0 Å². The Bertz CT molecular complexity index is 566. The molecule has 2 rings (SSSR count). The second kappa shape index (κ2) is 5.50. The fourth-order valence-electron chi connectivity index (χ4n) is 2.89. The molecule has 1 aromatic rings. The average Bonchev–Trinajstić information content (AvgIpc) is 2.79. The van der Waals surface area contributed by atoms with Crippen molar-refractivity contribution in [3.05, 3.63) is 47.2 Å². The molecule has 6 heteroatoms. The van der Waals surface area contributed by atoms with Gasteiger partial charge in [-0.2, -0.15) is 0 Å². The molecular formula is C15H21O5P. The Hall–Kier alpha value is -1.26. The van der Waals surface area contributed by atoms with Crippen molar-refractivity contribution in [1.82, 2.24) is 0 Å². The van der Waals surface area contributed by atoms with E-state index in [-0.39, 0.29) is 5.78 Å². The number of carbonyl (C=O) groups excluding carboxylic acids is 1. The monoisotopic (exact) mass is 312 g/mol. The quantitative estimate of drug-likeness (QED) is 0.775. The molecule has 0 aliphatic carbocycles. The minimum absolute atomic E-state index is 0.0843. The van der Waals surface area contributed by atoms with Crippen molar-refractivity contribution in [2.75, 3.05) is 21.3 Å². The summed E-state index contributed by atoms with van der Waals surface area (Å²) in [5.41, 5.74) is 0.877. The van der Waals surface area contributed by atoms with E-state index in [4.69, 9.17) is 18.1 Å². The molecule has 0 amide bonds. The average molecular weight is 312 g/mol. The van der Waals surface area contributed by atoms with Gasteiger partial charge in [-0.25, -0.2) is 0 Å². The molecule has 1 heterocycles. The second-order valence-corrected chi connectivity index (χ2v) is 8.38. The molecule has 1 aliphatic heterocycles. The van der Waals surface area contributed by atoms with E-state index in [9.17, 15) is 4.79 Å². The summed E-state index contributed by atoms with van der Waals surface area (Å²) in [6, 6.07) is 9.52. The van der Waals surface area contributed by atoms with Crippen molar-refractivity contribution >= 4 is 13.3 Å². The van der Waals surface area contributed by atoms with E-state index in [1.165, 1.54) is 28.3 Å². The number of ketones is 1. The van der Waals surface area contributed by atoms with E-state index in [1.807, 2.05) is 30.3 Å². The zero-order chi connectivity index (χ0) is 15.7. The van der Waals surface area contributed by atoms with Crippen LogP contribution in [-0.4, -0.2) is 27.1 Å². The molecule has 1 aromatic carbocycles. The van der Waals surface area contributed by atoms with Crippen LogP contribution in [-0.2, 0) is 22.9 Å². The van der Waals surface area contributed by atoms with Gasteiger partial charge >= 0.3 is 124 Å². The van der Waals surface area contributed by atoms with Crippen LogP contribution in [0.2, 0.25) is 0 Å². The number of hydrogen-bond donors (Lipinski definition) is 0. The fraction of sp³-hybridized carbons (Fsp3) is 0.400. The third kappa shape index (κ3) is 2.21. The van der Waals surface area contributed by atoms with Gasteiger partial charge in [0.25, 0.3) is 0 Å². The van der Waals surface area contributed by atoms with Gasteiger partial charge in [-0.3, -0.25) is 0 Å². The topological polar surface area (TPSA) is 54.0 Å². The van der Waals surface area contributed by atoms with Crippen molar-refractivity contribution in [2.24, 2.45) is 0 Å². The summed E-state index contributed by atoms with van der Waals surface area (Å²) in [6.45, 7) is 3.24. The van der Waals surface area contributed by atoms with Crippen LogP contribution in [0.4, 0.5) is 0 Å². The third-order valence-corrected chi connectivity index (χ3v) is 7.83. The van der Waals surface area contributed by atoms with Crippen molar-refractivity contribution in [1.29, 1.82) is 0 Å². The molecule has 0 aromatic heterocycles. The van der Waals surface area contributed by atoms with Gasteiger partial charge in [-0.05, 0) is 0 Å². The normalized spacial score (nSPS) is 25.0. The summed E-state index contributed by atoms with van der Waals surface area (Å²) in [4.78, 5) is 12.1. The summed E-state index contributed by atoms with van der Waals surface area (Å²) >= 11 is 0. The van der Waals surface area contributed by atoms with E-state index in [1.54, 1.807) is 6.92 Å². The van der Waals surface area contributed by atoms with Crippen LogP contribution in [0.5, 0.6) is 0 Å². The van der Waals surface area contributed by atoms with Crippen LogP contribution in [0.1, 0.15) is 25.1 Å². The predicted molar refractivity (Wildman–Crippen MR) is 81.6 cm³/mol. The molecule has 0 bridgehead atoms. The number of carbonyl (C=O) groups is 1. The first-order valence-electron chi connectivity index (χ1n) is 6.61. The number of Topliss-reactive ketones (excluding diaryl/α,β-unsaturated/α-hetero) is 1. The second-order valence-electron chi connectivity index (χ2n) is 4.85. The Kier molecular flexibility index (Phi) is 4.22. The van der Waals surface area contributed by atoms with Crippen LogP contribution in [0, 0.1) is 0 Å². The van der Waals surface area contributed by atoms with Crippen LogP contribution in [0.15, 0.2) is 41.7 Å². The first kappa shape index (κ1) is 16.1. The summed E-state index contributed by atoms with van der Waals surface area (Å²) in [5, 5.41) is 0. The van der Waals surface area contributed by atoms with Crippen LogP contribution >= 0.6 is 7.51 Å². The van der Waals surface area contributed by atoms with Crippen LogP contribution in [0.3, 0.4) is 0 Å². The van der Waals surface area contributed by atoms with Gasteiger partial charge in [0.15, 0.2) is 0 Å². The van der Waals surface area contributed by atoms with Gasteiger partial charge in [-0.15, -0.1) is 0 Å². The van der Waals surface area contributed by atoms with Crippen LogP contribution < -0.4 is 0 Å². The Morgan fingerprint density at radius 2 is 1.62 bits per heavy atom. The van der Waals surface area contributed by atoms with Crippen molar-refractivity contribution in [3.8, 4) is 0 Å². The van der Waals surface area contributed by atoms with E-state index in [2.05, 4.69) is 0 Å². The Labute approximate surface area is 125 Å². The molecule has 21 heavy (non-hydrogen) atoms. The van der Waals surface area contributed by atoms with Gasteiger partial charge in [0, 0.05) is 0 Å². The third-order valence-electron chi connectivity index (χ3n) is 3.86. The van der Waals surface area contributed by atoms with E-state index >= 15 is 0 Å². The molecule has 1 atom stereocenters. The molecule has 0 saturated heterocycles. The first-order valence-corrected chi connectivity index (χ1v) is 8.59.